The number of halogens is 1. The summed E-state index contributed by atoms with van der Waals surface area (Å²) in [6, 6.07) is 12.8. The molecular formula is C19H21ClN4O2. The highest BCUT2D eigenvalue weighted by Gasteiger charge is 2.25. The lowest BCUT2D eigenvalue weighted by molar-refractivity contribution is 0.0985. The quantitative estimate of drug-likeness (QED) is 0.795. The van der Waals surface area contributed by atoms with Gasteiger partial charge in [0.2, 0.25) is 0 Å². The van der Waals surface area contributed by atoms with Gasteiger partial charge in [0, 0.05) is 42.3 Å². The van der Waals surface area contributed by atoms with Gasteiger partial charge >= 0.3 is 6.03 Å². The smallest absolute Gasteiger partial charge is 0.321 e. The molecule has 0 atom stereocenters. The molecule has 0 saturated carbocycles. The molecular weight excluding hydrogens is 352 g/mol. The number of carbonyl (C=O) groups is 2. The summed E-state index contributed by atoms with van der Waals surface area (Å²) in [5.74, 6) is -0.0380. The zero-order valence-electron chi connectivity index (χ0n) is 14.3. The molecule has 6 nitrogen and oxygen atoms in total. The van der Waals surface area contributed by atoms with Crippen molar-refractivity contribution in [2.24, 2.45) is 0 Å². The number of hydrogen-bond donors (Lipinski definition) is 2. The second kappa shape index (κ2) is 7.25. The first kappa shape index (κ1) is 18.1. The summed E-state index contributed by atoms with van der Waals surface area (Å²) < 4.78 is 0. The van der Waals surface area contributed by atoms with Crippen molar-refractivity contribution in [3.05, 3.63) is 53.6 Å². The predicted octanol–water partition coefficient (Wildman–Crippen LogP) is 2.81. The van der Waals surface area contributed by atoms with Crippen LogP contribution in [0.25, 0.3) is 0 Å². The number of carbonyl (C=O) groups excluding carboxylic acids is 2. The molecule has 2 aliphatic heterocycles. The third kappa shape index (κ3) is 3.08. The summed E-state index contributed by atoms with van der Waals surface area (Å²) in [4.78, 5) is 28.2. The van der Waals surface area contributed by atoms with Crippen LogP contribution in [-0.2, 0) is 6.42 Å². The van der Waals surface area contributed by atoms with Crippen molar-refractivity contribution >= 4 is 41.4 Å². The average Bonchev–Trinajstić information content (AvgIpc) is 3.07. The van der Waals surface area contributed by atoms with E-state index in [0.29, 0.717) is 25.2 Å². The summed E-state index contributed by atoms with van der Waals surface area (Å²) in [5, 5.41) is 2.77. The van der Waals surface area contributed by atoms with E-state index in [2.05, 4.69) is 5.32 Å². The van der Waals surface area contributed by atoms with Gasteiger partial charge in [0.15, 0.2) is 0 Å². The van der Waals surface area contributed by atoms with Crippen molar-refractivity contribution in [2.45, 2.75) is 12.8 Å². The number of amides is 3. The SMILES string of the molecule is Cl.Nc1cccc2c1CCCN2C(=O)c1ccc(N2CCNC2=O)cc1. The fraction of sp³-hybridized carbons (Fsp3) is 0.263. The van der Waals surface area contributed by atoms with Crippen molar-refractivity contribution in [3.63, 3.8) is 0 Å². The van der Waals surface area contributed by atoms with Crippen LogP contribution in [0.4, 0.5) is 21.9 Å². The fourth-order valence-electron chi connectivity index (χ4n) is 3.52. The van der Waals surface area contributed by atoms with Gasteiger partial charge in [-0.25, -0.2) is 4.79 Å². The molecule has 1 fully saturated rings. The minimum absolute atomic E-state index is 0. The van der Waals surface area contributed by atoms with E-state index < -0.39 is 0 Å². The number of nitrogens with one attached hydrogen (secondary N) is 1. The first-order valence-electron chi connectivity index (χ1n) is 8.50. The van der Waals surface area contributed by atoms with E-state index in [0.717, 1.165) is 35.5 Å². The van der Waals surface area contributed by atoms with E-state index >= 15 is 0 Å². The maximum absolute atomic E-state index is 13.0. The number of nitrogens with two attached hydrogens (primary N) is 1. The summed E-state index contributed by atoms with van der Waals surface area (Å²) in [6.07, 6.45) is 1.80. The number of benzene rings is 2. The number of anilines is 3. The standard InChI is InChI=1S/C19H20N4O2.ClH/c20-16-4-1-5-17-15(16)3-2-11-23(17)18(24)13-6-8-14(9-7-13)22-12-10-21-19(22)25;/h1,4-9H,2-3,10-12,20H2,(H,21,25);1H. The van der Waals surface area contributed by atoms with Gasteiger partial charge in [-0.05, 0) is 54.8 Å². The number of fused-ring (bicyclic) bond motifs is 1. The predicted molar refractivity (Wildman–Crippen MR) is 105 cm³/mol. The molecule has 0 radical (unpaired) electrons. The second-order valence-electron chi connectivity index (χ2n) is 6.34. The van der Waals surface area contributed by atoms with Crippen molar-refractivity contribution in [1.82, 2.24) is 5.32 Å². The van der Waals surface area contributed by atoms with Crippen LogP contribution in [0, 0.1) is 0 Å². The Hall–Kier alpha value is -2.73. The van der Waals surface area contributed by atoms with E-state index in [9.17, 15) is 9.59 Å². The van der Waals surface area contributed by atoms with Crippen molar-refractivity contribution in [1.29, 1.82) is 0 Å². The second-order valence-corrected chi connectivity index (χ2v) is 6.34. The zero-order chi connectivity index (χ0) is 17.4. The zero-order valence-corrected chi connectivity index (χ0v) is 15.1. The molecule has 2 aromatic rings. The number of nitrogen functional groups attached to an aromatic ring is 1. The molecule has 3 amide bonds. The van der Waals surface area contributed by atoms with Gasteiger partial charge in [0.1, 0.15) is 0 Å². The Labute approximate surface area is 158 Å². The summed E-state index contributed by atoms with van der Waals surface area (Å²) in [6.45, 7) is 1.97. The third-order valence-electron chi connectivity index (χ3n) is 4.81. The van der Waals surface area contributed by atoms with E-state index in [-0.39, 0.29) is 24.3 Å². The van der Waals surface area contributed by atoms with E-state index in [1.165, 1.54) is 0 Å². The Bertz CT molecular complexity index is 838. The monoisotopic (exact) mass is 372 g/mol. The van der Waals surface area contributed by atoms with Gasteiger partial charge in [0.25, 0.3) is 5.91 Å². The van der Waals surface area contributed by atoms with Crippen LogP contribution in [0.15, 0.2) is 42.5 Å². The molecule has 0 bridgehead atoms. The largest absolute Gasteiger partial charge is 0.398 e. The maximum Gasteiger partial charge on any atom is 0.321 e. The molecule has 136 valence electrons. The van der Waals surface area contributed by atoms with Crippen LogP contribution in [0.5, 0.6) is 0 Å². The Morgan fingerprint density at radius 2 is 1.85 bits per heavy atom. The summed E-state index contributed by atoms with van der Waals surface area (Å²) in [7, 11) is 0. The lowest BCUT2D eigenvalue weighted by Gasteiger charge is -2.30. The van der Waals surface area contributed by atoms with Gasteiger partial charge in [-0.15, -0.1) is 12.4 Å². The molecule has 1 saturated heterocycles. The molecule has 2 aliphatic rings. The van der Waals surface area contributed by atoms with Gasteiger partial charge in [-0.2, -0.15) is 0 Å². The molecule has 0 unspecified atom stereocenters. The molecule has 7 heteroatoms. The number of nitrogens with zero attached hydrogens (tertiary/aromatic N) is 2. The van der Waals surface area contributed by atoms with Crippen molar-refractivity contribution in [3.8, 4) is 0 Å². The van der Waals surface area contributed by atoms with Crippen LogP contribution in [0.1, 0.15) is 22.3 Å². The van der Waals surface area contributed by atoms with Gasteiger partial charge in [0.05, 0.1) is 0 Å². The van der Waals surface area contributed by atoms with Crippen LogP contribution >= 0.6 is 12.4 Å². The van der Waals surface area contributed by atoms with Crippen LogP contribution in [-0.4, -0.2) is 31.6 Å². The number of rotatable bonds is 2. The molecule has 2 aromatic carbocycles. The molecule has 3 N–H and O–H groups in total. The van der Waals surface area contributed by atoms with Crippen molar-refractivity contribution in [2.75, 3.05) is 35.2 Å². The Morgan fingerprint density at radius 3 is 2.54 bits per heavy atom. The van der Waals surface area contributed by atoms with Gasteiger partial charge in [-0.1, -0.05) is 6.07 Å². The molecule has 0 aliphatic carbocycles. The van der Waals surface area contributed by atoms with Gasteiger partial charge < -0.3 is 16.0 Å². The molecule has 2 heterocycles. The normalized spacial score (nSPS) is 15.9. The Kier molecular flexibility index (Phi) is 5.04. The Morgan fingerprint density at radius 1 is 1.08 bits per heavy atom. The minimum atomic E-state index is -0.0977. The lowest BCUT2D eigenvalue weighted by atomic mass is 9.99. The molecule has 4 rings (SSSR count). The van der Waals surface area contributed by atoms with E-state index in [1.54, 1.807) is 21.9 Å². The lowest BCUT2D eigenvalue weighted by Crippen LogP contribution is -2.35. The highest BCUT2D eigenvalue weighted by atomic mass is 35.5. The van der Waals surface area contributed by atoms with Crippen LogP contribution in [0.3, 0.4) is 0 Å². The minimum Gasteiger partial charge on any atom is -0.398 e. The summed E-state index contributed by atoms with van der Waals surface area (Å²) in [5.41, 5.74) is 10.2. The molecule has 26 heavy (non-hydrogen) atoms. The van der Waals surface area contributed by atoms with Crippen LogP contribution in [0.2, 0.25) is 0 Å². The van der Waals surface area contributed by atoms with E-state index in [1.807, 2.05) is 30.3 Å². The molecule has 0 aromatic heterocycles. The molecule has 0 spiro atoms. The summed E-state index contributed by atoms with van der Waals surface area (Å²) >= 11 is 0. The van der Waals surface area contributed by atoms with Crippen LogP contribution < -0.4 is 20.9 Å². The van der Waals surface area contributed by atoms with E-state index in [4.69, 9.17) is 5.73 Å². The van der Waals surface area contributed by atoms with Crippen molar-refractivity contribution < 1.29 is 9.59 Å². The first-order chi connectivity index (χ1) is 12.1. The van der Waals surface area contributed by atoms with Gasteiger partial charge in [-0.3, -0.25) is 9.69 Å². The maximum atomic E-state index is 13.0. The third-order valence-corrected chi connectivity index (χ3v) is 4.81. The topological polar surface area (TPSA) is 78.7 Å². The average molecular weight is 373 g/mol. The highest BCUT2D eigenvalue weighted by molar-refractivity contribution is 6.07. The first-order valence-corrected chi connectivity index (χ1v) is 8.50. The number of hydrogen-bond acceptors (Lipinski definition) is 3. The highest BCUT2D eigenvalue weighted by Crippen LogP contribution is 2.32. The number of urea groups is 1. The fourth-order valence-corrected chi connectivity index (χ4v) is 3.52. The Balaban J connectivity index is 0.00000196.